The van der Waals surface area contributed by atoms with Gasteiger partial charge in [-0.25, -0.2) is 4.98 Å². The van der Waals surface area contributed by atoms with Crippen LogP contribution in [0.5, 0.6) is 5.75 Å². The quantitative estimate of drug-likeness (QED) is 0.362. The lowest BCUT2D eigenvalue weighted by Gasteiger charge is -2.32. The first kappa shape index (κ1) is 25.4. The average Bonchev–Trinajstić information content (AvgIpc) is 3.25. The number of amides is 1. The largest absolute Gasteiger partial charge is 0.497 e. The number of benzene rings is 2. The minimum atomic E-state index is -3.82. The van der Waals surface area contributed by atoms with Gasteiger partial charge in [0.15, 0.2) is 0 Å². The Morgan fingerprint density at radius 2 is 1.74 bits per heavy atom. The summed E-state index contributed by atoms with van der Waals surface area (Å²) in [5.74, 6) is -0.535. The number of anilines is 1. The topological polar surface area (TPSA) is 74.6 Å². The van der Waals surface area contributed by atoms with Crippen LogP contribution in [0.2, 0.25) is 0 Å². The Morgan fingerprint density at radius 3 is 2.29 bits per heavy atom. The highest BCUT2D eigenvalue weighted by atomic mass is 35.5. The fourth-order valence-electron chi connectivity index (χ4n) is 3.82. The molecule has 0 unspecified atom stereocenters. The van der Waals surface area contributed by atoms with Gasteiger partial charge in [-0.05, 0) is 77.9 Å². The van der Waals surface area contributed by atoms with Crippen molar-refractivity contribution >= 4 is 46.8 Å². The number of ether oxygens (including phenoxy) is 1. The molecule has 35 heavy (non-hydrogen) atoms. The monoisotopic (exact) mass is 505 g/mol. The zero-order valence-electron chi connectivity index (χ0n) is 20.4. The van der Waals surface area contributed by atoms with E-state index in [9.17, 15) is 13.6 Å². The summed E-state index contributed by atoms with van der Waals surface area (Å²) in [6, 6.07) is 9.02. The van der Waals surface area contributed by atoms with Crippen molar-refractivity contribution in [3.05, 3.63) is 48.3 Å². The normalized spacial score (nSPS) is 17.3. The van der Waals surface area contributed by atoms with Gasteiger partial charge < -0.3 is 23.9 Å². The molecule has 2 aromatic carbocycles. The summed E-state index contributed by atoms with van der Waals surface area (Å²) < 4.78 is 44.5. The highest BCUT2D eigenvalue weighted by molar-refractivity contribution is 6.65. The van der Waals surface area contributed by atoms with Crippen LogP contribution in [0, 0.1) is 0 Å². The van der Waals surface area contributed by atoms with E-state index in [2.05, 4.69) is 15.0 Å². The number of halogens is 3. The minimum Gasteiger partial charge on any atom is -0.420 e. The molecule has 0 bridgehead atoms. The Labute approximate surface area is 207 Å². The van der Waals surface area contributed by atoms with Gasteiger partial charge in [0.2, 0.25) is 0 Å². The highest BCUT2D eigenvalue weighted by Gasteiger charge is 2.52. The van der Waals surface area contributed by atoms with Gasteiger partial charge >= 0.3 is 12.7 Å². The molecule has 1 aliphatic heterocycles. The summed E-state index contributed by atoms with van der Waals surface area (Å²) in [6.07, 6.45) is 1.73. The molecule has 4 rings (SSSR count). The maximum absolute atomic E-state index is 13.1. The second kappa shape index (κ2) is 8.76. The van der Waals surface area contributed by atoms with Gasteiger partial charge in [-0.15, -0.1) is 8.78 Å². The van der Waals surface area contributed by atoms with Crippen molar-refractivity contribution in [1.29, 1.82) is 0 Å². The lowest BCUT2D eigenvalue weighted by atomic mass is 9.77. The second-order valence-electron chi connectivity index (χ2n) is 9.79. The molecule has 0 saturated carbocycles. The first-order valence-corrected chi connectivity index (χ1v) is 11.6. The van der Waals surface area contributed by atoms with E-state index in [-0.39, 0.29) is 11.8 Å². The molecule has 0 aliphatic carbocycles. The van der Waals surface area contributed by atoms with Gasteiger partial charge in [-0.1, -0.05) is 0 Å². The SMILES string of the molecule is CC(C)n1cnc2cc(C(=O)Nc3ccc(OC(F)(F)Cl)cc3)cc(B3OC(C)(C)C(C)(C)O3)c21. The van der Waals surface area contributed by atoms with Crippen LogP contribution in [0.4, 0.5) is 14.5 Å². The summed E-state index contributed by atoms with van der Waals surface area (Å²) in [6.45, 7) is 12.0. The van der Waals surface area contributed by atoms with Crippen LogP contribution in [0.1, 0.15) is 57.9 Å². The van der Waals surface area contributed by atoms with Crippen molar-refractivity contribution in [2.45, 2.75) is 64.4 Å². The fourth-order valence-corrected chi connectivity index (χ4v) is 3.91. The number of aromatic nitrogens is 2. The summed E-state index contributed by atoms with van der Waals surface area (Å²) in [5.41, 5.74) is -2.03. The summed E-state index contributed by atoms with van der Waals surface area (Å²) in [5, 5.41) is 2.76. The number of hydrogen-bond acceptors (Lipinski definition) is 5. The minimum absolute atomic E-state index is 0.127. The molecular formula is C24H27BClF2N3O4. The Kier molecular flexibility index (Phi) is 6.36. The molecule has 0 atom stereocenters. The number of imidazole rings is 1. The lowest BCUT2D eigenvalue weighted by Crippen LogP contribution is -2.41. The Hall–Kier alpha value is -2.69. The molecule has 1 fully saturated rings. The first-order chi connectivity index (χ1) is 16.2. The molecule has 3 aromatic rings. The van der Waals surface area contributed by atoms with E-state index < -0.39 is 29.8 Å². The number of carbonyl (C=O) groups is 1. The van der Waals surface area contributed by atoms with Crippen LogP contribution in [0.25, 0.3) is 11.0 Å². The van der Waals surface area contributed by atoms with Gasteiger partial charge in [0.1, 0.15) is 5.75 Å². The van der Waals surface area contributed by atoms with E-state index in [0.29, 0.717) is 22.2 Å². The molecule has 2 heterocycles. The maximum atomic E-state index is 13.1. The number of nitrogens with one attached hydrogen (secondary N) is 1. The Morgan fingerprint density at radius 1 is 1.14 bits per heavy atom. The van der Waals surface area contributed by atoms with E-state index in [1.54, 1.807) is 18.5 Å². The molecule has 1 saturated heterocycles. The first-order valence-electron chi connectivity index (χ1n) is 11.2. The smallest absolute Gasteiger partial charge is 0.420 e. The predicted molar refractivity (Wildman–Crippen MR) is 132 cm³/mol. The number of rotatable bonds is 6. The van der Waals surface area contributed by atoms with Crippen molar-refractivity contribution in [3.63, 3.8) is 0 Å². The van der Waals surface area contributed by atoms with Crippen molar-refractivity contribution in [2.75, 3.05) is 5.32 Å². The van der Waals surface area contributed by atoms with Crippen molar-refractivity contribution < 1.29 is 27.6 Å². The van der Waals surface area contributed by atoms with Crippen molar-refractivity contribution in [2.24, 2.45) is 0 Å². The molecular weight excluding hydrogens is 479 g/mol. The van der Waals surface area contributed by atoms with E-state index in [0.717, 1.165) is 5.52 Å². The van der Waals surface area contributed by atoms with Crippen LogP contribution < -0.4 is 15.5 Å². The van der Waals surface area contributed by atoms with Crippen LogP contribution in [-0.4, -0.2) is 39.3 Å². The lowest BCUT2D eigenvalue weighted by molar-refractivity contribution is -0.0964. The Bertz CT molecular complexity index is 1240. The molecule has 186 valence electrons. The standard InChI is InChI=1S/C24H27BClF2N3O4/c1-14(2)31-13-29-19-12-15(11-18(20(19)31)25-34-22(3,4)23(5,6)35-25)21(32)30-16-7-9-17(10-8-16)33-24(26,27)28/h7-14H,1-6H3,(H,30,32). The Balaban J connectivity index is 1.68. The number of alkyl halides is 3. The number of fused-ring (bicyclic) bond motifs is 1. The van der Waals surface area contributed by atoms with Crippen LogP contribution in [-0.2, 0) is 9.31 Å². The van der Waals surface area contributed by atoms with Crippen LogP contribution in [0.3, 0.4) is 0 Å². The third-order valence-corrected chi connectivity index (χ3v) is 6.45. The summed E-state index contributed by atoms with van der Waals surface area (Å²) in [7, 11) is -0.696. The van der Waals surface area contributed by atoms with Crippen LogP contribution >= 0.6 is 11.6 Å². The number of carbonyl (C=O) groups excluding carboxylic acids is 1. The zero-order valence-corrected chi connectivity index (χ0v) is 21.1. The third kappa shape index (κ3) is 5.15. The predicted octanol–water partition coefficient (Wildman–Crippen LogP) is 5.34. The number of hydrogen-bond donors (Lipinski definition) is 1. The highest BCUT2D eigenvalue weighted by Crippen LogP contribution is 2.37. The van der Waals surface area contributed by atoms with Crippen molar-refractivity contribution in [3.8, 4) is 5.75 Å². The van der Waals surface area contributed by atoms with Gasteiger partial charge in [0.25, 0.3) is 5.91 Å². The molecule has 1 amide bonds. The second-order valence-corrected chi connectivity index (χ2v) is 10.2. The third-order valence-electron chi connectivity index (χ3n) is 6.37. The molecule has 7 nitrogen and oxygen atoms in total. The van der Waals surface area contributed by atoms with E-state index in [1.165, 1.54) is 24.3 Å². The molecule has 0 spiro atoms. The van der Waals surface area contributed by atoms with Gasteiger partial charge in [-0.2, -0.15) is 0 Å². The van der Waals surface area contributed by atoms with E-state index in [1.807, 2.05) is 46.1 Å². The van der Waals surface area contributed by atoms with Gasteiger partial charge in [0, 0.05) is 34.4 Å². The number of nitrogens with zero attached hydrogens (tertiary/aromatic N) is 2. The van der Waals surface area contributed by atoms with Gasteiger partial charge in [0.05, 0.1) is 28.6 Å². The maximum Gasteiger partial charge on any atom is 0.497 e. The molecule has 1 aliphatic rings. The molecule has 0 radical (unpaired) electrons. The molecule has 1 N–H and O–H groups in total. The van der Waals surface area contributed by atoms with Gasteiger partial charge in [-0.3, -0.25) is 4.79 Å². The van der Waals surface area contributed by atoms with E-state index in [4.69, 9.17) is 20.9 Å². The average molecular weight is 506 g/mol. The zero-order chi connectivity index (χ0) is 25.8. The van der Waals surface area contributed by atoms with Crippen LogP contribution in [0.15, 0.2) is 42.7 Å². The molecule has 11 heteroatoms. The van der Waals surface area contributed by atoms with E-state index >= 15 is 0 Å². The summed E-state index contributed by atoms with van der Waals surface area (Å²) >= 11 is 4.79. The fraction of sp³-hybridized carbons (Fsp3) is 0.417. The summed E-state index contributed by atoms with van der Waals surface area (Å²) in [4.78, 5) is 17.6. The molecule has 1 aromatic heterocycles. The van der Waals surface area contributed by atoms with Crippen molar-refractivity contribution in [1.82, 2.24) is 9.55 Å².